The van der Waals surface area contributed by atoms with Gasteiger partial charge >= 0.3 is 0 Å². The fourth-order valence-electron chi connectivity index (χ4n) is 1.67. The number of hydrogen-bond acceptors (Lipinski definition) is 2. The van der Waals surface area contributed by atoms with Gasteiger partial charge in [0.05, 0.1) is 0 Å². The standard InChI is InChI=1S/C12H15NO/c1-8(2)10-4-9(3)5-12-11(6-10)13-7-14-12/h5-8H,4H2,1-3H3. The van der Waals surface area contributed by atoms with Crippen molar-refractivity contribution >= 4 is 12.2 Å². The van der Waals surface area contributed by atoms with Crippen molar-refractivity contribution in [1.29, 1.82) is 0 Å². The molecule has 0 amide bonds. The third kappa shape index (κ3) is 1.65. The lowest BCUT2D eigenvalue weighted by Gasteiger charge is -2.09. The zero-order valence-corrected chi connectivity index (χ0v) is 8.87. The van der Waals surface area contributed by atoms with Crippen LogP contribution >= 0.6 is 0 Å². The van der Waals surface area contributed by atoms with Gasteiger partial charge in [0.2, 0.25) is 0 Å². The van der Waals surface area contributed by atoms with E-state index < -0.39 is 0 Å². The van der Waals surface area contributed by atoms with Crippen molar-refractivity contribution in [1.82, 2.24) is 4.98 Å². The molecular weight excluding hydrogens is 174 g/mol. The molecule has 1 heterocycles. The molecule has 0 atom stereocenters. The number of oxazole rings is 1. The zero-order valence-electron chi connectivity index (χ0n) is 8.87. The Morgan fingerprint density at radius 1 is 1.36 bits per heavy atom. The molecule has 1 aliphatic carbocycles. The Kier molecular flexibility index (Phi) is 2.28. The molecule has 0 fully saturated rings. The van der Waals surface area contributed by atoms with Crippen molar-refractivity contribution < 1.29 is 4.42 Å². The van der Waals surface area contributed by atoms with E-state index in [0.717, 1.165) is 17.9 Å². The van der Waals surface area contributed by atoms with E-state index in [0.29, 0.717) is 5.92 Å². The zero-order chi connectivity index (χ0) is 10.1. The predicted molar refractivity (Wildman–Crippen MR) is 57.6 cm³/mol. The van der Waals surface area contributed by atoms with Crippen LogP contribution in [0.5, 0.6) is 0 Å². The van der Waals surface area contributed by atoms with Crippen molar-refractivity contribution in [2.45, 2.75) is 27.2 Å². The molecule has 1 aromatic heterocycles. The summed E-state index contributed by atoms with van der Waals surface area (Å²) in [5, 5.41) is 0. The van der Waals surface area contributed by atoms with Crippen LogP contribution < -0.4 is 0 Å². The number of nitrogens with zero attached hydrogens (tertiary/aromatic N) is 1. The molecule has 74 valence electrons. The molecule has 0 saturated heterocycles. The van der Waals surface area contributed by atoms with E-state index in [1.807, 2.05) is 0 Å². The smallest absolute Gasteiger partial charge is 0.181 e. The molecule has 0 aliphatic heterocycles. The second-order valence-corrected chi connectivity index (χ2v) is 4.14. The molecule has 2 rings (SSSR count). The van der Waals surface area contributed by atoms with Gasteiger partial charge in [-0.1, -0.05) is 25.0 Å². The van der Waals surface area contributed by atoms with E-state index in [-0.39, 0.29) is 0 Å². The molecule has 2 nitrogen and oxygen atoms in total. The molecule has 0 spiro atoms. The highest BCUT2D eigenvalue weighted by Gasteiger charge is 2.13. The van der Waals surface area contributed by atoms with Gasteiger partial charge in [0, 0.05) is 0 Å². The average molecular weight is 189 g/mol. The lowest BCUT2D eigenvalue weighted by Crippen LogP contribution is -1.93. The summed E-state index contributed by atoms with van der Waals surface area (Å²) in [5.41, 5.74) is 3.72. The molecule has 0 aromatic carbocycles. The monoisotopic (exact) mass is 189 g/mol. The Labute approximate surface area is 84.3 Å². The van der Waals surface area contributed by atoms with Crippen LogP contribution in [0.15, 0.2) is 22.0 Å². The van der Waals surface area contributed by atoms with Crippen molar-refractivity contribution in [2.24, 2.45) is 5.92 Å². The second-order valence-electron chi connectivity index (χ2n) is 4.14. The summed E-state index contributed by atoms with van der Waals surface area (Å²) in [5.74, 6) is 1.46. The summed E-state index contributed by atoms with van der Waals surface area (Å²) in [6.07, 6.45) is 6.77. The van der Waals surface area contributed by atoms with Gasteiger partial charge < -0.3 is 4.42 Å². The third-order valence-electron chi connectivity index (χ3n) is 2.55. The number of rotatable bonds is 1. The molecule has 1 aromatic rings. The fraction of sp³-hybridized carbons (Fsp3) is 0.417. The largest absolute Gasteiger partial charge is 0.443 e. The lowest BCUT2D eigenvalue weighted by molar-refractivity contribution is 0.547. The van der Waals surface area contributed by atoms with Gasteiger partial charge in [-0.25, -0.2) is 4.98 Å². The van der Waals surface area contributed by atoms with Gasteiger partial charge in [-0.15, -0.1) is 0 Å². The molecule has 2 heteroatoms. The SMILES string of the molecule is CC1=Cc2ocnc2C=C(C(C)C)C1. The first-order valence-corrected chi connectivity index (χ1v) is 4.98. The van der Waals surface area contributed by atoms with Crippen molar-refractivity contribution in [2.75, 3.05) is 0 Å². The van der Waals surface area contributed by atoms with Gasteiger partial charge in [-0.05, 0) is 31.4 Å². The molecular formula is C12H15NO. The van der Waals surface area contributed by atoms with Gasteiger partial charge in [0.15, 0.2) is 12.2 Å². The van der Waals surface area contributed by atoms with E-state index in [1.165, 1.54) is 17.5 Å². The maximum absolute atomic E-state index is 5.30. The maximum atomic E-state index is 5.30. The summed E-state index contributed by atoms with van der Waals surface area (Å²) in [6, 6.07) is 0. The minimum Gasteiger partial charge on any atom is -0.443 e. The van der Waals surface area contributed by atoms with Crippen LogP contribution in [0.1, 0.15) is 38.6 Å². The number of hydrogen-bond donors (Lipinski definition) is 0. The van der Waals surface area contributed by atoms with Crippen LogP contribution in [-0.4, -0.2) is 4.98 Å². The summed E-state index contributed by atoms with van der Waals surface area (Å²) in [6.45, 7) is 6.56. The summed E-state index contributed by atoms with van der Waals surface area (Å²) < 4.78 is 5.30. The minimum atomic E-state index is 0.570. The van der Waals surface area contributed by atoms with E-state index in [2.05, 4.69) is 37.9 Å². The van der Waals surface area contributed by atoms with E-state index >= 15 is 0 Å². The van der Waals surface area contributed by atoms with Crippen LogP contribution in [0, 0.1) is 5.92 Å². The molecule has 14 heavy (non-hydrogen) atoms. The minimum absolute atomic E-state index is 0.570. The first-order chi connectivity index (χ1) is 6.66. The molecule has 1 aliphatic rings. The first-order valence-electron chi connectivity index (χ1n) is 4.98. The van der Waals surface area contributed by atoms with Crippen LogP contribution in [0.3, 0.4) is 0 Å². The van der Waals surface area contributed by atoms with Crippen molar-refractivity contribution in [3.8, 4) is 0 Å². The van der Waals surface area contributed by atoms with E-state index in [4.69, 9.17) is 4.42 Å². The number of aromatic nitrogens is 1. The first kappa shape index (κ1) is 9.25. The van der Waals surface area contributed by atoms with Gasteiger partial charge in [0.25, 0.3) is 0 Å². The van der Waals surface area contributed by atoms with Crippen molar-refractivity contribution in [3.63, 3.8) is 0 Å². The fourth-order valence-corrected chi connectivity index (χ4v) is 1.67. The topological polar surface area (TPSA) is 26.0 Å². The normalized spacial score (nSPS) is 16.0. The summed E-state index contributed by atoms with van der Waals surface area (Å²) in [4.78, 5) is 4.20. The second kappa shape index (κ2) is 3.45. The quantitative estimate of drug-likeness (QED) is 0.675. The number of fused-ring (bicyclic) bond motifs is 1. The van der Waals surface area contributed by atoms with E-state index in [1.54, 1.807) is 0 Å². The Morgan fingerprint density at radius 3 is 2.86 bits per heavy atom. The molecule has 0 N–H and O–H groups in total. The highest BCUT2D eigenvalue weighted by Crippen LogP contribution is 2.28. The molecule has 0 bridgehead atoms. The predicted octanol–water partition coefficient (Wildman–Crippen LogP) is 3.52. The van der Waals surface area contributed by atoms with Gasteiger partial charge in [-0.3, -0.25) is 0 Å². The Bertz CT molecular complexity index is 396. The van der Waals surface area contributed by atoms with Gasteiger partial charge in [0.1, 0.15) is 5.69 Å². The molecule has 0 radical (unpaired) electrons. The highest BCUT2D eigenvalue weighted by molar-refractivity contribution is 5.65. The van der Waals surface area contributed by atoms with E-state index in [9.17, 15) is 0 Å². The Hall–Kier alpha value is -1.31. The van der Waals surface area contributed by atoms with Crippen LogP contribution in [0.4, 0.5) is 0 Å². The van der Waals surface area contributed by atoms with Crippen molar-refractivity contribution in [3.05, 3.63) is 29.0 Å². The lowest BCUT2D eigenvalue weighted by atomic mass is 9.97. The van der Waals surface area contributed by atoms with Crippen LogP contribution in [0.25, 0.3) is 12.2 Å². The summed E-state index contributed by atoms with van der Waals surface area (Å²) in [7, 11) is 0. The average Bonchev–Trinajstić information content (AvgIpc) is 2.45. The molecule has 0 unspecified atom stereocenters. The van der Waals surface area contributed by atoms with Crippen LogP contribution in [-0.2, 0) is 0 Å². The highest BCUT2D eigenvalue weighted by atomic mass is 16.3. The summed E-state index contributed by atoms with van der Waals surface area (Å²) >= 11 is 0. The Balaban J connectivity index is 2.48. The molecule has 0 saturated carbocycles. The maximum Gasteiger partial charge on any atom is 0.181 e. The Morgan fingerprint density at radius 2 is 2.14 bits per heavy atom. The third-order valence-corrected chi connectivity index (χ3v) is 2.55. The van der Waals surface area contributed by atoms with Gasteiger partial charge in [-0.2, -0.15) is 0 Å². The number of allylic oxidation sites excluding steroid dienone is 2. The van der Waals surface area contributed by atoms with Crippen LogP contribution in [0.2, 0.25) is 0 Å².